The van der Waals surface area contributed by atoms with E-state index < -0.39 is 11.4 Å². The van der Waals surface area contributed by atoms with E-state index in [2.05, 4.69) is 5.16 Å². The minimum Gasteiger partial charge on any atom is -0.488 e. The van der Waals surface area contributed by atoms with Gasteiger partial charge in [0, 0.05) is 17.0 Å². The van der Waals surface area contributed by atoms with Crippen LogP contribution in [0.1, 0.15) is 48.5 Å². The molecular formula is C29H23Cl2NO4. The van der Waals surface area contributed by atoms with Crippen LogP contribution >= 0.6 is 23.2 Å². The van der Waals surface area contributed by atoms with Gasteiger partial charge in [-0.05, 0) is 55.0 Å². The molecule has 0 amide bonds. The van der Waals surface area contributed by atoms with Crippen molar-refractivity contribution < 1.29 is 19.2 Å². The number of aliphatic carboxylic acids is 1. The molecule has 0 unspecified atom stereocenters. The Kier molecular flexibility index (Phi) is 5.78. The van der Waals surface area contributed by atoms with Gasteiger partial charge in [0.2, 0.25) is 0 Å². The molecule has 1 aromatic heterocycles. The Morgan fingerprint density at radius 1 is 1.03 bits per heavy atom. The van der Waals surface area contributed by atoms with Crippen molar-refractivity contribution in [3.05, 3.63) is 93.7 Å². The quantitative estimate of drug-likeness (QED) is 0.256. The maximum atomic E-state index is 12.0. The van der Waals surface area contributed by atoms with Gasteiger partial charge in [0.05, 0.1) is 21.0 Å². The summed E-state index contributed by atoms with van der Waals surface area (Å²) in [5, 5.41) is 15.2. The van der Waals surface area contributed by atoms with Crippen molar-refractivity contribution >= 4 is 29.2 Å². The number of aromatic nitrogens is 1. The summed E-state index contributed by atoms with van der Waals surface area (Å²) in [5.41, 5.74) is 3.82. The largest absolute Gasteiger partial charge is 0.488 e. The number of nitrogens with zero attached hydrogens (tertiary/aromatic N) is 1. The molecule has 7 heteroatoms. The minimum atomic E-state index is -0.833. The fourth-order valence-corrected chi connectivity index (χ4v) is 5.32. The molecule has 5 nitrogen and oxygen atoms in total. The molecule has 0 atom stereocenters. The molecule has 0 radical (unpaired) electrons. The zero-order valence-corrected chi connectivity index (χ0v) is 20.9. The number of benzene rings is 3. The van der Waals surface area contributed by atoms with Crippen LogP contribution in [0.2, 0.25) is 10.0 Å². The van der Waals surface area contributed by atoms with Crippen molar-refractivity contribution in [3.63, 3.8) is 0 Å². The number of carboxylic acid groups (broad SMARTS) is 1. The molecule has 4 aromatic rings. The van der Waals surface area contributed by atoms with E-state index in [1.165, 1.54) is 0 Å². The first-order valence-electron chi connectivity index (χ1n) is 12.0. The molecule has 3 aromatic carbocycles. The van der Waals surface area contributed by atoms with Gasteiger partial charge in [-0.3, -0.25) is 4.79 Å². The first kappa shape index (κ1) is 23.1. The van der Waals surface area contributed by atoms with E-state index in [1.54, 1.807) is 18.2 Å². The Bertz CT molecular complexity index is 1440. The van der Waals surface area contributed by atoms with Crippen LogP contribution in [-0.4, -0.2) is 16.2 Å². The highest BCUT2D eigenvalue weighted by Gasteiger charge is 2.52. The SMILES string of the molecule is O=C(O)C1(c2ccc(-c3ccccc3)c(OCc3c(-c4c(Cl)cccc4Cl)noc3C3CC3)c2)CC1. The maximum absolute atomic E-state index is 12.0. The average Bonchev–Trinajstić information content (AvgIpc) is 3.81. The second kappa shape index (κ2) is 8.99. The van der Waals surface area contributed by atoms with Gasteiger partial charge in [-0.25, -0.2) is 0 Å². The molecule has 0 bridgehead atoms. The Morgan fingerprint density at radius 2 is 1.75 bits per heavy atom. The van der Waals surface area contributed by atoms with Crippen LogP contribution in [0.3, 0.4) is 0 Å². The van der Waals surface area contributed by atoms with Gasteiger partial charge in [-0.15, -0.1) is 0 Å². The Balaban J connectivity index is 1.41. The lowest BCUT2D eigenvalue weighted by molar-refractivity contribution is -0.140. The molecule has 2 fully saturated rings. The number of carboxylic acids is 1. The summed E-state index contributed by atoms with van der Waals surface area (Å²) in [5.74, 6) is 0.910. The van der Waals surface area contributed by atoms with E-state index in [1.807, 2.05) is 48.5 Å². The lowest BCUT2D eigenvalue weighted by atomic mass is 9.93. The lowest BCUT2D eigenvalue weighted by Crippen LogP contribution is -2.19. The molecule has 0 saturated heterocycles. The molecule has 0 spiro atoms. The second-order valence-corrected chi connectivity index (χ2v) is 10.3. The zero-order chi connectivity index (χ0) is 24.9. The summed E-state index contributed by atoms with van der Waals surface area (Å²) in [6, 6.07) is 21.0. The summed E-state index contributed by atoms with van der Waals surface area (Å²) < 4.78 is 12.2. The molecule has 2 aliphatic carbocycles. The van der Waals surface area contributed by atoms with Crippen molar-refractivity contribution in [2.24, 2.45) is 0 Å². The van der Waals surface area contributed by atoms with Gasteiger partial charge in [-0.1, -0.05) is 76.9 Å². The molecule has 1 heterocycles. The summed E-state index contributed by atoms with van der Waals surface area (Å²) in [7, 11) is 0. The molecule has 0 aliphatic heterocycles. The predicted octanol–water partition coefficient (Wildman–Crippen LogP) is 7.89. The third-order valence-corrected chi connectivity index (χ3v) is 7.75. The molecule has 36 heavy (non-hydrogen) atoms. The van der Waals surface area contributed by atoms with Crippen molar-refractivity contribution in [1.29, 1.82) is 0 Å². The van der Waals surface area contributed by atoms with Gasteiger partial charge < -0.3 is 14.4 Å². The number of carbonyl (C=O) groups is 1. The van der Waals surface area contributed by atoms with Crippen LogP contribution in [0.5, 0.6) is 5.75 Å². The van der Waals surface area contributed by atoms with Crippen LogP contribution in [0.15, 0.2) is 71.3 Å². The fraction of sp³-hybridized carbons (Fsp3) is 0.241. The fourth-order valence-electron chi connectivity index (χ4n) is 4.74. The van der Waals surface area contributed by atoms with Crippen molar-refractivity contribution in [2.75, 3.05) is 0 Å². The van der Waals surface area contributed by atoms with E-state index in [0.29, 0.717) is 45.8 Å². The third kappa shape index (κ3) is 4.06. The van der Waals surface area contributed by atoms with Crippen LogP contribution < -0.4 is 4.74 Å². The number of hydrogen-bond donors (Lipinski definition) is 1. The summed E-state index contributed by atoms with van der Waals surface area (Å²) in [4.78, 5) is 12.0. The van der Waals surface area contributed by atoms with Crippen molar-refractivity contribution in [2.45, 2.75) is 43.6 Å². The first-order valence-corrected chi connectivity index (χ1v) is 12.7. The van der Waals surface area contributed by atoms with Crippen LogP contribution in [0, 0.1) is 0 Å². The Labute approximate surface area is 218 Å². The molecule has 1 N–H and O–H groups in total. The number of halogens is 2. The smallest absolute Gasteiger partial charge is 0.314 e. The van der Waals surface area contributed by atoms with E-state index in [-0.39, 0.29) is 6.61 Å². The Morgan fingerprint density at radius 3 is 2.39 bits per heavy atom. The highest BCUT2D eigenvalue weighted by Crippen LogP contribution is 2.50. The first-order chi connectivity index (χ1) is 17.5. The van der Waals surface area contributed by atoms with Gasteiger partial charge in [-0.2, -0.15) is 0 Å². The van der Waals surface area contributed by atoms with Gasteiger partial charge in [0.15, 0.2) is 0 Å². The van der Waals surface area contributed by atoms with Crippen molar-refractivity contribution in [3.8, 4) is 28.1 Å². The van der Waals surface area contributed by atoms with Gasteiger partial charge >= 0.3 is 5.97 Å². The van der Waals surface area contributed by atoms with E-state index >= 15 is 0 Å². The molecule has 2 aliphatic rings. The standard InChI is InChI=1S/C29H23Cl2NO4/c30-22-7-4-8-23(31)25(22)26-21(27(36-32-26)18-9-10-18)16-35-24-15-19(29(13-14-29)28(33)34)11-12-20(24)17-5-2-1-3-6-17/h1-8,11-12,15,18H,9-10,13-14,16H2,(H,33,34). The monoisotopic (exact) mass is 519 g/mol. The lowest BCUT2D eigenvalue weighted by Gasteiger charge is -2.17. The zero-order valence-electron chi connectivity index (χ0n) is 19.3. The predicted molar refractivity (Wildman–Crippen MR) is 139 cm³/mol. The molecular weight excluding hydrogens is 497 g/mol. The van der Waals surface area contributed by atoms with Gasteiger partial charge in [0.25, 0.3) is 0 Å². The van der Waals surface area contributed by atoms with E-state index in [0.717, 1.165) is 40.9 Å². The van der Waals surface area contributed by atoms with Crippen LogP contribution in [0.25, 0.3) is 22.4 Å². The van der Waals surface area contributed by atoms with Crippen molar-refractivity contribution in [1.82, 2.24) is 5.16 Å². The Hall–Kier alpha value is -3.28. The minimum absolute atomic E-state index is 0.190. The van der Waals surface area contributed by atoms with Crippen LogP contribution in [0.4, 0.5) is 0 Å². The summed E-state index contributed by atoms with van der Waals surface area (Å²) in [6.07, 6.45) is 3.31. The average molecular weight is 520 g/mol. The number of ether oxygens (including phenoxy) is 1. The van der Waals surface area contributed by atoms with Crippen LogP contribution in [-0.2, 0) is 16.8 Å². The highest BCUT2D eigenvalue weighted by atomic mass is 35.5. The summed E-state index contributed by atoms with van der Waals surface area (Å²) >= 11 is 13.0. The van der Waals surface area contributed by atoms with Gasteiger partial charge in [0.1, 0.15) is 23.8 Å². The number of hydrogen-bond acceptors (Lipinski definition) is 4. The topological polar surface area (TPSA) is 72.6 Å². The normalized spacial score (nSPS) is 16.1. The maximum Gasteiger partial charge on any atom is 0.314 e. The van der Waals surface area contributed by atoms with E-state index in [9.17, 15) is 9.90 Å². The number of rotatable bonds is 8. The molecule has 182 valence electrons. The molecule has 2 saturated carbocycles. The molecule has 6 rings (SSSR count). The summed E-state index contributed by atoms with van der Waals surface area (Å²) in [6.45, 7) is 0.190. The highest BCUT2D eigenvalue weighted by molar-refractivity contribution is 6.39. The second-order valence-electron chi connectivity index (χ2n) is 9.50. The van der Waals surface area contributed by atoms with E-state index in [4.69, 9.17) is 32.5 Å². The third-order valence-electron chi connectivity index (χ3n) is 7.12.